The molecular formula is C23H34N2O2. The molecule has 2 aliphatic heterocycles. The molecule has 0 radical (unpaired) electrons. The van der Waals surface area contributed by atoms with Crippen LogP contribution in [0.4, 0.5) is 0 Å². The van der Waals surface area contributed by atoms with E-state index in [0.717, 1.165) is 32.5 Å². The first-order chi connectivity index (χ1) is 13.2. The molecule has 2 fully saturated rings. The second-order valence-electron chi connectivity index (χ2n) is 8.60. The van der Waals surface area contributed by atoms with E-state index >= 15 is 0 Å². The molecule has 1 aromatic carbocycles. The molecule has 0 spiro atoms. The number of hydrogen-bond donors (Lipinski definition) is 0. The number of carbonyl (C=O) groups excluding carboxylic acids is 1. The summed E-state index contributed by atoms with van der Waals surface area (Å²) in [4.78, 5) is 17.2. The molecule has 1 amide bonds. The average molecular weight is 371 g/mol. The predicted molar refractivity (Wildman–Crippen MR) is 108 cm³/mol. The Hall–Kier alpha value is -1.39. The van der Waals surface area contributed by atoms with Crippen LogP contribution in [-0.4, -0.2) is 60.6 Å². The molecule has 27 heavy (non-hydrogen) atoms. The Morgan fingerprint density at radius 1 is 1.11 bits per heavy atom. The fraction of sp³-hybridized carbons (Fsp3) is 0.696. The lowest BCUT2D eigenvalue weighted by molar-refractivity contribution is -0.133. The summed E-state index contributed by atoms with van der Waals surface area (Å²) in [7, 11) is 0. The van der Waals surface area contributed by atoms with Gasteiger partial charge in [-0.3, -0.25) is 9.69 Å². The summed E-state index contributed by atoms with van der Waals surface area (Å²) in [5, 5.41) is 0. The monoisotopic (exact) mass is 370 g/mol. The van der Waals surface area contributed by atoms with E-state index in [0.29, 0.717) is 24.3 Å². The second-order valence-corrected chi connectivity index (χ2v) is 8.60. The molecule has 0 aromatic heterocycles. The summed E-state index contributed by atoms with van der Waals surface area (Å²) in [6.45, 7) is 6.91. The highest BCUT2D eigenvalue weighted by atomic mass is 16.5. The first-order valence-corrected chi connectivity index (χ1v) is 10.9. The van der Waals surface area contributed by atoms with Crippen molar-refractivity contribution >= 4 is 5.91 Å². The highest BCUT2D eigenvalue weighted by Gasteiger charge is 2.31. The van der Waals surface area contributed by atoms with Gasteiger partial charge in [0.1, 0.15) is 0 Å². The largest absolute Gasteiger partial charge is 0.376 e. The molecular weight excluding hydrogens is 336 g/mol. The summed E-state index contributed by atoms with van der Waals surface area (Å²) in [6.07, 6.45) is 7.96. The Morgan fingerprint density at radius 3 is 2.41 bits per heavy atom. The maximum Gasteiger partial charge on any atom is 0.222 e. The molecule has 2 saturated heterocycles. The van der Waals surface area contributed by atoms with Crippen LogP contribution in [0.15, 0.2) is 24.3 Å². The smallest absolute Gasteiger partial charge is 0.222 e. The van der Waals surface area contributed by atoms with Crippen LogP contribution < -0.4 is 0 Å². The van der Waals surface area contributed by atoms with Crippen molar-refractivity contribution in [2.45, 2.75) is 64.0 Å². The second kappa shape index (κ2) is 8.74. The fourth-order valence-electron chi connectivity index (χ4n) is 5.14. The van der Waals surface area contributed by atoms with Crippen LogP contribution in [0.2, 0.25) is 0 Å². The number of fused-ring (bicyclic) bond motifs is 1. The lowest BCUT2D eigenvalue weighted by Gasteiger charge is -2.38. The molecule has 2 heterocycles. The van der Waals surface area contributed by atoms with E-state index in [2.05, 4.69) is 34.1 Å². The van der Waals surface area contributed by atoms with E-state index in [4.69, 9.17) is 4.74 Å². The van der Waals surface area contributed by atoms with Crippen LogP contribution in [-0.2, 0) is 22.4 Å². The SMILES string of the molecule is CCC(=O)N(CC1CCN(C2Cc3ccccc3C2)CC1)C[C@H]1CCCO1. The van der Waals surface area contributed by atoms with Crippen LogP contribution in [0.1, 0.15) is 50.2 Å². The van der Waals surface area contributed by atoms with Crippen LogP contribution >= 0.6 is 0 Å². The highest BCUT2D eigenvalue weighted by Crippen LogP contribution is 2.29. The van der Waals surface area contributed by atoms with E-state index in [-0.39, 0.29) is 6.10 Å². The Bertz CT molecular complexity index is 608. The lowest BCUT2D eigenvalue weighted by atomic mass is 9.94. The molecule has 1 atom stereocenters. The molecule has 4 nitrogen and oxygen atoms in total. The number of piperidine rings is 1. The van der Waals surface area contributed by atoms with Gasteiger partial charge in [-0.25, -0.2) is 0 Å². The van der Waals surface area contributed by atoms with E-state index in [1.807, 2.05) is 6.92 Å². The number of carbonyl (C=O) groups is 1. The number of nitrogens with zero attached hydrogens (tertiary/aromatic N) is 2. The number of amides is 1. The molecule has 0 saturated carbocycles. The normalized spacial score (nSPS) is 24.3. The Kier molecular flexibility index (Phi) is 6.14. The van der Waals surface area contributed by atoms with Gasteiger partial charge < -0.3 is 9.64 Å². The standard InChI is InChI=1S/C23H34N2O2/c1-2-23(26)25(17-22-8-5-13-27-22)16-18-9-11-24(12-10-18)21-14-19-6-3-4-7-20(19)15-21/h3-4,6-7,18,21-22H,2,5,8-17H2,1H3/t22-/m1/s1. The van der Waals surface area contributed by atoms with Crippen LogP contribution in [0, 0.1) is 5.92 Å². The molecule has 1 aliphatic carbocycles. The third kappa shape index (κ3) is 4.55. The minimum Gasteiger partial charge on any atom is -0.376 e. The molecule has 148 valence electrons. The molecule has 4 heteroatoms. The van der Waals surface area contributed by atoms with E-state index in [9.17, 15) is 4.79 Å². The summed E-state index contributed by atoms with van der Waals surface area (Å²) >= 11 is 0. The van der Waals surface area contributed by atoms with Crippen LogP contribution in [0.3, 0.4) is 0 Å². The van der Waals surface area contributed by atoms with Crippen molar-refractivity contribution in [1.82, 2.24) is 9.80 Å². The minimum absolute atomic E-state index is 0.262. The number of hydrogen-bond acceptors (Lipinski definition) is 3. The van der Waals surface area contributed by atoms with Gasteiger partial charge in [0.25, 0.3) is 0 Å². The Labute approximate surface area is 163 Å². The van der Waals surface area contributed by atoms with Crippen LogP contribution in [0.5, 0.6) is 0 Å². The minimum atomic E-state index is 0.262. The van der Waals surface area contributed by atoms with Crippen molar-refractivity contribution in [3.8, 4) is 0 Å². The number of ether oxygens (including phenoxy) is 1. The van der Waals surface area contributed by atoms with Gasteiger partial charge in [0.05, 0.1) is 6.10 Å². The number of rotatable bonds is 6. The third-order valence-corrected chi connectivity index (χ3v) is 6.78. The lowest BCUT2D eigenvalue weighted by Crippen LogP contribution is -2.46. The Morgan fingerprint density at radius 2 is 1.81 bits per heavy atom. The number of likely N-dealkylation sites (tertiary alicyclic amines) is 1. The molecule has 0 unspecified atom stereocenters. The molecule has 3 aliphatic rings. The first kappa shape index (κ1) is 18.9. The molecule has 4 rings (SSSR count). The van der Waals surface area contributed by atoms with E-state index in [1.54, 1.807) is 11.1 Å². The van der Waals surface area contributed by atoms with Crippen molar-refractivity contribution in [2.24, 2.45) is 5.92 Å². The quantitative estimate of drug-likeness (QED) is 0.770. The zero-order valence-electron chi connectivity index (χ0n) is 16.7. The first-order valence-electron chi connectivity index (χ1n) is 10.9. The van der Waals surface area contributed by atoms with Gasteiger partial charge in [-0.2, -0.15) is 0 Å². The summed E-state index contributed by atoms with van der Waals surface area (Å²) in [6, 6.07) is 9.61. The van der Waals surface area contributed by atoms with E-state index < -0.39 is 0 Å². The van der Waals surface area contributed by atoms with Gasteiger partial charge in [0.2, 0.25) is 5.91 Å². The van der Waals surface area contributed by atoms with Crippen molar-refractivity contribution in [3.63, 3.8) is 0 Å². The topological polar surface area (TPSA) is 32.8 Å². The van der Waals surface area contributed by atoms with Gasteiger partial charge in [-0.1, -0.05) is 31.2 Å². The fourth-order valence-corrected chi connectivity index (χ4v) is 5.14. The van der Waals surface area contributed by atoms with Crippen LogP contribution in [0.25, 0.3) is 0 Å². The average Bonchev–Trinajstić information content (AvgIpc) is 3.37. The summed E-state index contributed by atoms with van der Waals surface area (Å²) in [5.41, 5.74) is 3.09. The molecule has 0 N–H and O–H groups in total. The van der Waals surface area contributed by atoms with Gasteiger partial charge >= 0.3 is 0 Å². The predicted octanol–water partition coefficient (Wildman–Crippen LogP) is 3.28. The van der Waals surface area contributed by atoms with Gasteiger partial charge in [-0.05, 0) is 68.7 Å². The van der Waals surface area contributed by atoms with Gasteiger partial charge in [0, 0.05) is 32.2 Å². The summed E-state index contributed by atoms with van der Waals surface area (Å²) < 4.78 is 5.78. The molecule has 1 aromatic rings. The van der Waals surface area contributed by atoms with Crippen molar-refractivity contribution in [1.29, 1.82) is 0 Å². The van der Waals surface area contributed by atoms with Crippen molar-refractivity contribution in [3.05, 3.63) is 35.4 Å². The van der Waals surface area contributed by atoms with E-state index in [1.165, 1.54) is 38.8 Å². The maximum absolute atomic E-state index is 12.4. The van der Waals surface area contributed by atoms with Gasteiger partial charge in [0.15, 0.2) is 0 Å². The third-order valence-electron chi connectivity index (χ3n) is 6.78. The zero-order chi connectivity index (χ0) is 18.6. The Balaban J connectivity index is 1.27. The van der Waals surface area contributed by atoms with Crippen molar-refractivity contribution in [2.75, 3.05) is 32.8 Å². The highest BCUT2D eigenvalue weighted by molar-refractivity contribution is 5.75. The van der Waals surface area contributed by atoms with Gasteiger partial charge in [-0.15, -0.1) is 0 Å². The number of benzene rings is 1. The summed E-state index contributed by atoms with van der Waals surface area (Å²) in [5.74, 6) is 0.932. The maximum atomic E-state index is 12.4. The van der Waals surface area contributed by atoms with Crippen molar-refractivity contribution < 1.29 is 9.53 Å². The molecule has 0 bridgehead atoms. The zero-order valence-corrected chi connectivity index (χ0v) is 16.7.